The standard InChI is InChI=1S/C16H25ClN4O2/c1-16(2,3)23-15(22)20(4)13-6-5-9-21(11-13)10-12-7-8-18-14(17)19-12/h7-8,13H,5-6,9-11H2,1-4H3/t13-/m0/s1. The number of ether oxygens (including phenoxy) is 1. The number of rotatable bonds is 3. The summed E-state index contributed by atoms with van der Waals surface area (Å²) in [6.07, 6.45) is 3.42. The number of hydrogen-bond acceptors (Lipinski definition) is 5. The van der Waals surface area contributed by atoms with Crippen molar-refractivity contribution in [3.8, 4) is 0 Å². The Hall–Kier alpha value is -1.40. The van der Waals surface area contributed by atoms with Gasteiger partial charge < -0.3 is 9.64 Å². The maximum Gasteiger partial charge on any atom is 0.410 e. The lowest BCUT2D eigenvalue weighted by Crippen LogP contribution is -2.49. The first-order chi connectivity index (χ1) is 10.7. The van der Waals surface area contributed by atoms with Crippen LogP contribution in [0.1, 0.15) is 39.3 Å². The Morgan fingerprint density at radius 2 is 2.26 bits per heavy atom. The SMILES string of the molecule is CN(C(=O)OC(C)(C)C)[C@H]1CCCN(Cc2ccnc(Cl)n2)C1. The molecule has 7 heteroatoms. The first-order valence-corrected chi connectivity index (χ1v) is 8.28. The number of amides is 1. The predicted molar refractivity (Wildman–Crippen MR) is 89.3 cm³/mol. The zero-order chi connectivity index (χ0) is 17.0. The van der Waals surface area contributed by atoms with Crippen molar-refractivity contribution < 1.29 is 9.53 Å². The predicted octanol–water partition coefficient (Wildman–Crippen LogP) is 2.96. The molecule has 2 rings (SSSR count). The van der Waals surface area contributed by atoms with E-state index in [0.717, 1.165) is 31.6 Å². The molecule has 128 valence electrons. The first-order valence-electron chi connectivity index (χ1n) is 7.90. The number of likely N-dealkylation sites (N-methyl/N-ethyl adjacent to an activating group) is 1. The van der Waals surface area contributed by atoms with Crippen molar-refractivity contribution in [2.75, 3.05) is 20.1 Å². The van der Waals surface area contributed by atoms with Crippen LogP contribution >= 0.6 is 11.6 Å². The van der Waals surface area contributed by atoms with Gasteiger partial charge in [0.15, 0.2) is 0 Å². The topological polar surface area (TPSA) is 58.6 Å². The van der Waals surface area contributed by atoms with Crippen LogP contribution in [0.4, 0.5) is 4.79 Å². The molecule has 0 aliphatic carbocycles. The van der Waals surface area contributed by atoms with Gasteiger partial charge in [0.1, 0.15) is 5.60 Å². The van der Waals surface area contributed by atoms with E-state index in [9.17, 15) is 4.79 Å². The minimum Gasteiger partial charge on any atom is -0.444 e. The van der Waals surface area contributed by atoms with E-state index in [2.05, 4.69) is 14.9 Å². The van der Waals surface area contributed by atoms with Gasteiger partial charge in [0.2, 0.25) is 5.28 Å². The number of hydrogen-bond donors (Lipinski definition) is 0. The lowest BCUT2D eigenvalue weighted by molar-refractivity contribution is 0.0129. The fourth-order valence-electron chi connectivity index (χ4n) is 2.66. The van der Waals surface area contributed by atoms with Crippen LogP contribution in [-0.2, 0) is 11.3 Å². The minimum absolute atomic E-state index is 0.149. The van der Waals surface area contributed by atoms with E-state index in [1.807, 2.05) is 33.9 Å². The molecule has 0 saturated carbocycles. The summed E-state index contributed by atoms with van der Waals surface area (Å²) < 4.78 is 5.45. The number of carbonyl (C=O) groups excluding carboxylic acids is 1. The average molecular weight is 341 g/mol. The summed E-state index contributed by atoms with van der Waals surface area (Å²) in [7, 11) is 1.81. The fourth-order valence-corrected chi connectivity index (χ4v) is 2.83. The second kappa shape index (κ2) is 7.45. The van der Waals surface area contributed by atoms with Crippen molar-refractivity contribution in [2.45, 2.75) is 51.8 Å². The largest absolute Gasteiger partial charge is 0.444 e. The summed E-state index contributed by atoms with van der Waals surface area (Å²) in [5.41, 5.74) is 0.419. The van der Waals surface area contributed by atoms with E-state index in [4.69, 9.17) is 16.3 Å². The summed E-state index contributed by atoms with van der Waals surface area (Å²) >= 11 is 5.83. The Kier molecular flexibility index (Phi) is 5.81. The molecule has 6 nitrogen and oxygen atoms in total. The van der Waals surface area contributed by atoms with Crippen LogP contribution in [0.15, 0.2) is 12.3 Å². The fraction of sp³-hybridized carbons (Fsp3) is 0.688. The molecule has 1 atom stereocenters. The average Bonchev–Trinajstić information content (AvgIpc) is 2.45. The van der Waals surface area contributed by atoms with Gasteiger partial charge >= 0.3 is 6.09 Å². The molecular weight excluding hydrogens is 316 g/mol. The van der Waals surface area contributed by atoms with Crippen LogP contribution in [-0.4, -0.2) is 57.6 Å². The highest BCUT2D eigenvalue weighted by Gasteiger charge is 2.29. The van der Waals surface area contributed by atoms with Crippen molar-refractivity contribution >= 4 is 17.7 Å². The Balaban J connectivity index is 1.93. The monoisotopic (exact) mass is 340 g/mol. The molecule has 1 amide bonds. The van der Waals surface area contributed by atoms with Gasteiger partial charge in [-0.15, -0.1) is 0 Å². The summed E-state index contributed by atoms with van der Waals surface area (Å²) in [6.45, 7) is 8.14. The van der Waals surface area contributed by atoms with Crippen LogP contribution in [0.25, 0.3) is 0 Å². The second-order valence-corrected chi connectivity index (χ2v) is 7.28. The molecule has 0 aromatic carbocycles. The smallest absolute Gasteiger partial charge is 0.410 e. The Morgan fingerprint density at radius 3 is 2.91 bits per heavy atom. The van der Waals surface area contributed by atoms with Gasteiger partial charge in [-0.3, -0.25) is 4.90 Å². The molecule has 0 radical (unpaired) electrons. The number of aromatic nitrogens is 2. The van der Waals surface area contributed by atoms with E-state index < -0.39 is 5.60 Å². The maximum atomic E-state index is 12.2. The van der Waals surface area contributed by atoms with Gasteiger partial charge in [-0.1, -0.05) is 0 Å². The van der Waals surface area contributed by atoms with Gasteiger partial charge in [-0.05, 0) is 57.8 Å². The van der Waals surface area contributed by atoms with E-state index >= 15 is 0 Å². The number of nitrogens with zero attached hydrogens (tertiary/aromatic N) is 4. The van der Waals surface area contributed by atoms with Crippen LogP contribution in [0, 0.1) is 0 Å². The lowest BCUT2D eigenvalue weighted by Gasteiger charge is -2.37. The summed E-state index contributed by atoms with van der Waals surface area (Å²) in [6, 6.07) is 2.02. The Morgan fingerprint density at radius 1 is 1.52 bits per heavy atom. The normalized spacial score (nSPS) is 19.4. The van der Waals surface area contributed by atoms with Gasteiger partial charge in [0.05, 0.1) is 5.69 Å². The Labute approximate surface area is 142 Å². The van der Waals surface area contributed by atoms with Crippen LogP contribution in [0.5, 0.6) is 0 Å². The molecule has 0 spiro atoms. The molecule has 1 aromatic rings. The Bertz CT molecular complexity index is 547. The number of halogens is 1. The van der Waals surface area contributed by atoms with Gasteiger partial charge in [0, 0.05) is 32.4 Å². The number of likely N-dealkylation sites (tertiary alicyclic amines) is 1. The zero-order valence-electron chi connectivity index (χ0n) is 14.3. The van der Waals surface area contributed by atoms with Crippen LogP contribution in [0.2, 0.25) is 5.28 Å². The quantitative estimate of drug-likeness (QED) is 0.792. The molecule has 1 aliphatic rings. The third-order valence-electron chi connectivity index (χ3n) is 3.78. The van der Waals surface area contributed by atoms with E-state index in [0.29, 0.717) is 6.54 Å². The van der Waals surface area contributed by atoms with Crippen molar-refractivity contribution in [3.05, 3.63) is 23.2 Å². The highest BCUT2D eigenvalue weighted by molar-refractivity contribution is 6.28. The summed E-state index contributed by atoms with van der Waals surface area (Å²) in [5.74, 6) is 0. The zero-order valence-corrected chi connectivity index (χ0v) is 15.0. The van der Waals surface area contributed by atoms with Gasteiger partial charge in [-0.2, -0.15) is 0 Å². The van der Waals surface area contributed by atoms with E-state index in [1.165, 1.54) is 0 Å². The summed E-state index contributed by atoms with van der Waals surface area (Å²) in [5, 5.41) is 0.266. The third kappa shape index (κ3) is 5.62. The van der Waals surface area contributed by atoms with E-state index in [1.54, 1.807) is 11.1 Å². The third-order valence-corrected chi connectivity index (χ3v) is 3.96. The molecule has 0 bridgehead atoms. The van der Waals surface area contributed by atoms with Crippen molar-refractivity contribution in [3.63, 3.8) is 0 Å². The van der Waals surface area contributed by atoms with Gasteiger partial charge in [-0.25, -0.2) is 14.8 Å². The highest BCUT2D eigenvalue weighted by atomic mass is 35.5. The van der Waals surface area contributed by atoms with Crippen LogP contribution < -0.4 is 0 Å². The van der Waals surface area contributed by atoms with Crippen molar-refractivity contribution in [2.24, 2.45) is 0 Å². The molecule has 0 unspecified atom stereocenters. The molecular formula is C16H25ClN4O2. The number of piperidine rings is 1. The first kappa shape index (κ1) is 17.9. The minimum atomic E-state index is -0.475. The molecule has 1 aromatic heterocycles. The van der Waals surface area contributed by atoms with E-state index in [-0.39, 0.29) is 17.4 Å². The maximum absolute atomic E-state index is 12.2. The molecule has 23 heavy (non-hydrogen) atoms. The summed E-state index contributed by atoms with van der Waals surface area (Å²) in [4.78, 5) is 24.3. The van der Waals surface area contributed by atoms with Gasteiger partial charge in [0.25, 0.3) is 0 Å². The van der Waals surface area contributed by atoms with Crippen LogP contribution in [0.3, 0.4) is 0 Å². The molecule has 2 heterocycles. The molecule has 1 aliphatic heterocycles. The van der Waals surface area contributed by atoms with Crippen molar-refractivity contribution in [1.29, 1.82) is 0 Å². The molecule has 1 saturated heterocycles. The molecule has 0 N–H and O–H groups in total. The van der Waals surface area contributed by atoms with Crippen molar-refractivity contribution in [1.82, 2.24) is 19.8 Å². The number of carbonyl (C=O) groups is 1. The lowest BCUT2D eigenvalue weighted by atomic mass is 10.0. The molecule has 1 fully saturated rings. The second-order valence-electron chi connectivity index (χ2n) is 6.94. The highest BCUT2D eigenvalue weighted by Crippen LogP contribution is 2.19.